The molecule has 0 saturated carbocycles. The molecule has 0 bridgehead atoms. The molecule has 0 spiro atoms. The van der Waals surface area contributed by atoms with Gasteiger partial charge in [-0.3, -0.25) is 4.79 Å². The Morgan fingerprint density at radius 3 is 1.96 bits per heavy atom. The summed E-state index contributed by atoms with van der Waals surface area (Å²) in [6, 6.07) is 8.92. The van der Waals surface area contributed by atoms with Crippen LogP contribution in [-0.4, -0.2) is 48.3 Å². The molecule has 0 aromatic heterocycles. The maximum atomic E-state index is 13.0. The maximum Gasteiger partial charge on any atom is 0.203 e. The highest BCUT2D eigenvalue weighted by Crippen LogP contribution is 2.37. The third-order valence-corrected chi connectivity index (χ3v) is 4.73. The molecule has 0 heterocycles. The van der Waals surface area contributed by atoms with Crippen molar-refractivity contribution in [2.45, 2.75) is 0 Å². The minimum atomic E-state index is -0.236. The highest BCUT2D eigenvalue weighted by atomic mass is 79.9. The Kier molecular flexibility index (Phi) is 7.34. The van der Waals surface area contributed by atoms with E-state index >= 15 is 0 Å². The number of nitrogens with zero attached hydrogens (tertiary/aromatic N) is 1. The number of carbonyl (C=O) groups is 1. The Morgan fingerprint density at radius 1 is 0.857 bits per heavy atom. The van der Waals surface area contributed by atoms with Crippen molar-refractivity contribution in [2.75, 3.05) is 47.4 Å². The van der Waals surface area contributed by atoms with Crippen LogP contribution in [-0.2, 0) is 0 Å². The average Bonchev–Trinajstić information content (AvgIpc) is 2.71. The van der Waals surface area contributed by atoms with Crippen molar-refractivity contribution in [1.29, 1.82) is 0 Å². The third-order valence-electron chi connectivity index (χ3n) is 4.15. The Morgan fingerprint density at radius 2 is 1.43 bits per heavy atom. The first-order chi connectivity index (χ1) is 13.4. The lowest BCUT2D eigenvalue weighted by Gasteiger charge is -2.17. The van der Waals surface area contributed by atoms with Crippen LogP contribution in [0.5, 0.6) is 23.0 Å². The van der Waals surface area contributed by atoms with Gasteiger partial charge in [-0.25, -0.2) is 0 Å². The average molecular weight is 450 g/mol. The molecule has 6 nitrogen and oxygen atoms in total. The molecule has 150 valence electrons. The van der Waals surface area contributed by atoms with Crippen molar-refractivity contribution in [3.8, 4) is 23.0 Å². The number of benzene rings is 2. The van der Waals surface area contributed by atoms with Crippen molar-refractivity contribution in [1.82, 2.24) is 0 Å². The van der Waals surface area contributed by atoms with E-state index in [-0.39, 0.29) is 5.78 Å². The van der Waals surface area contributed by atoms with Gasteiger partial charge in [-0.15, -0.1) is 0 Å². The van der Waals surface area contributed by atoms with Gasteiger partial charge in [-0.2, -0.15) is 0 Å². The number of carbonyl (C=O) groups excluding carboxylic acids is 1. The zero-order valence-corrected chi connectivity index (χ0v) is 18.4. The fraction of sp³-hybridized carbons (Fsp3) is 0.286. The van der Waals surface area contributed by atoms with Crippen LogP contribution in [0.3, 0.4) is 0 Å². The largest absolute Gasteiger partial charge is 0.496 e. The van der Waals surface area contributed by atoms with Crippen molar-refractivity contribution in [3.05, 3.63) is 45.9 Å². The molecule has 2 aromatic carbocycles. The monoisotopic (exact) mass is 449 g/mol. The fourth-order valence-electron chi connectivity index (χ4n) is 2.69. The highest BCUT2D eigenvalue weighted by Gasteiger charge is 2.20. The summed E-state index contributed by atoms with van der Waals surface area (Å²) in [5, 5.41) is 0. The summed E-state index contributed by atoms with van der Waals surface area (Å²) >= 11 is 3.40. The highest BCUT2D eigenvalue weighted by molar-refractivity contribution is 9.12. The Balaban J connectivity index is 2.45. The van der Waals surface area contributed by atoms with Crippen LogP contribution < -0.4 is 23.8 Å². The number of ether oxygens (including phenoxy) is 4. The Hall–Kier alpha value is -2.67. The van der Waals surface area contributed by atoms with E-state index in [1.165, 1.54) is 21.3 Å². The molecule has 0 aliphatic heterocycles. The summed E-state index contributed by atoms with van der Waals surface area (Å²) in [5.41, 5.74) is 2.13. The molecular weight excluding hydrogens is 426 g/mol. The van der Waals surface area contributed by atoms with Gasteiger partial charge in [0.25, 0.3) is 0 Å². The summed E-state index contributed by atoms with van der Waals surface area (Å²) in [7, 11) is 10.0. The number of halogens is 1. The van der Waals surface area contributed by atoms with Crippen molar-refractivity contribution in [2.24, 2.45) is 0 Å². The molecule has 2 rings (SSSR count). The van der Waals surface area contributed by atoms with Crippen molar-refractivity contribution < 1.29 is 23.7 Å². The van der Waals surface area contributed by atoms with Crippen LogP contribution in [0.25, 0.3) is 6.08 Å². The number of hydrogen-bond acceptors (Lipinski definition) is 6. The van der Waals surface area contributed by atoms with Gasteiger partial charge >= 0.3 is 0 Å². The van der Waals surface area contributed by atoms with E-state index < -0.39 is 0 Å². The minimum Gasteiger partial charge on any atom is -0.496 e. The second-order valence-electron chi connectivity index (χ2n) is 6.05. The van der Waals surface area contributed by atoms with Gasteiger partial charge in [0, 0.05) is 20.2 Å². The predicted molar refractivity (Wildman–Crippen MR) is 115 cm³/mol. The zero-order valence-electron chi connectivity index (χ0n) is 16.8. The molecular formula is C21H24BrNO5. The summed E-state index contributed by atoms with van der Waals surface area (Å²) in [5.74, 6) is 1.86. The summed E-state index contributed by atoms with van der Waals surface area (Å²) in [6.45, 7) is 0. The molecule has 0 unspecified atom stereocenters. The summed E-state index contributed by atoms with van der Waals surface area (Å²) < 4.78 is 21.7. The van der Waals surface area contributed by atoms with E-state index in [1.807, 2.05) is 37.2 Å². The van der Waals surface area contributed by atoms with E-state index in [0.717, 1.165) is 17.0 Å². The second-order valence-corrected chi connectivity index (χ2v) is 6.91. The molecule has 0 amide bonds. The summed E-state index contributed by atoms with van der Waals surface area (Å²) in [6.07, 6.45) is 1.75. The van der Waals surface area contributed by atoms with E-state index in [0.29, 0.717) is 27.3 Å². The van der Waals surface area contributed by atoms with E-state index in [4.69, 9.17) is 18.9 Å². The molecule has 0 N–H and O–H groups in total. The fourth-order valence-corrected chi connectivity index (χ4v) is 3.17. The lowest BCUT2D eigenvalue weighted by Crippen LogP contribution is -2.10. The van der Waals surface area contributed by atoms with Crippen LogP contribution in [0, 0.1) is 0 Å². The number of rotatable bonds is 8. The van der Waals surface area contributed by atoms with E-state index in [9.17, 15) is 4.79 Å². The van der Waals surface area contributed by atoms with Crippen LogP contribution in [0.15, 0.2) is 34.8 Å². The van der Waals surface area contributed by atoms with Gasteiger partial charge in [0.05, 0.1) is 44.2 Å². The second kappa shape index (κ2) is 9.50. The molecule has 0 fully saturated rings. The first kappa shape index (κ1) is 21.6. The molecule has 28 heavy (non-hydrogen) atoms. The molecule has 0 radical (unpaired) electrons. The normalized spacial score (nSPS) is 11.0. The molecule has 0 aliphatic rings. The number of allylic oxidation sites excluding steroid dienone is 1. The van der Waals surface area contributed by atoms with Gasteiger partial charge in [-0.05, 0) is 45.8 Å². The minimum absolute atomic E-state index is 0.236. The lowest BCUT2D eigenvalue weighted by molar-refractivity contribution is 0.104. The number of hydrogen-bond donors (Lipinski definition) is 0. The maximum absolute atomic E-state index is 13.0. The Labute approximate surface area is 173 Å². The molecule has 0 saturated heterocycles. The Bertz CT molecular complexity index is 893. The quantitative estimate of drug-likeness (QED) is 0.439. The van der Waals surface area contributed by atoms with Crippen molar-refractivity contribution in [3.63, 3.8) is 0 Å². The smallest absolute Gasteiger partial charge is 0.203 e. The first-order valence-electron chi connectivity index (χ1n) is 8.43. The predicted octanol–water partition coefficient (Wildman–Crippen LogP) is 4.41. The van der Waals surface area contributed by atoms with Gasteiger partial charge in [0.1, 0.15) is 11.5 Å². The lowest BCUT2D eigenvalue weighted by atomic mass is 10.1. The van der Waals surface area contributed by atoms with Gasteiger partial charge in [0.2, 0.25) is 5.78 Å². The van der Waals surface area contributed by atoms with Crippen molar-refractivity contribution >= 4 is 33.5 Å². The zero-order chi connectivity index (χ0) is 20.8. The molecule has 0 atom stereocenters. The molecule has 0 aliphatic carbocycles. The van der Waals surface area contributed by atoms with Gasteiger partial charge < -0.3 is 23.8 Å². The van der Waals surface area contributed by atoms with Crippen LogP contribution >= 0.6 is 15.9 Å². The van der Waals surface area contributed by atoms with Crippen LogP contribution in [0.1, 0.15) is 15.9 Å². The van der Waals surface area contributed by atoms with Crippen LogP contribution in [0.2, 0.25) is 0 Å². The third kappa shape index (κ3) is 4.59. The summed E-state index contributed by atoms with van der Waals surface area (Å²) in [4.78, 5) is 15.0. The number of Topliss-reactive ketones (excluding diaryl/α,β-unsaturated/α-hetero) is 1. The van der Waals surface area contributed by atoms with Gasteiger partial charge in [-0.1, -0.05) is 6.07 Å². The topological polar surface area (TPSA) is 57.2 Å². The van der Waals surface area contributed by atoms with Crippen LogP contribution in [0.4, 0.5) is 5.69 Å². The standard InChI is InChI=1S/C21H24BrNO5/c1-23(2)16-10-13(7-8-17(16)25-3)9-15(22)21(24)14-11-19(27-5)20(28-6)12-18(14)26-4/h7-12H,1-6H3. The van der Waals surface area contributed by atoms with E-state index in [1.54, 1.807) is 25.3 Å². The molecule has 2 aromatic rings. The molecule has 7 heteroatoms. The number of methoxy groups -OCH3 is 4. The van der Waals surface area contributed by atoms with Gasteiger partial charge in [0.15, 0.2) is 11.5 Å². The SMILES string of the molecule is COc1cc(OC)c(C(=O)C(Br)=Cc2ccc(OC)c(N(C)C)c2)cc1OC. The van der Waals surface area contributed by atoms with E-state index in [2.05, 4.69) is 15.9 Å². The number of ketones is 1. The number of anilines is 1. The first-order valence-corrected chi connectivity index (χ1v) is 9.22.